The number of aromatic hydroxyl groups is 1. The molecule has 0 amide bonds. The fraction of sp³-hybridized carbons (Fsp3) is 0.700. The number of aliphatic hydroxyl groups excluding tert-OH is 1. The van der Waals surface area contributed by atoms with Crippen LogP contribution in [0.3, 0.4) is 0 Å². The van der Waals surface area contributed by atoms with Crippen LogP contribution < -0.4 is 0 Å². The van der Waals surface area contributed by atoms with Crippen LogP contribution in [0.5, 0.6) is 5.75 Å². The van der Waals surface area contributed by atoms with E-state index in [0.29, 0.717) is 17.6 Å². The first kappa shape index (κ1) is 15.9. The van der Waals surface area contributed by atoms with Gasteiger partial charge in [0.25, 0.3) is 0 Å². The second-order valence-electron chi connectivity index (χ2n) is 8.78. The minimum absolute atomic E-state index is 0.0261. The largest absolute Gasteiger partial charge is 0.508 e. The Kier molecular flexibility index (Phi) is 3.60. The first-order valence-corrected chi connectivity index (χ1v) is 8.69. The van der Waals surface area contributed by atoms with Crippen LogP contribution in [0.25, 0.3) is 0 Å². The van der Waals surface area contributed by atoms with E-state index >= 15 is 0 Å². The van der Waals surface area contributed by atoms with E-state index in [1.807, 2.05) is 6.07 Å². The molecule has 0 aromatic heterocycles. The fourth-order valence-electron chi connectivity index (χ4n) is 5.48. The molecule has 1 aromatic carbocycles. The normalized spacial score (nSPS) is 33.4. The summed E-state index contributed by atoms with van der Waals surface area (Å²) in [5, 5.41) is 20.9. The molecule has 0 heterocycles. The summed E-state index contributed by atoms with van der Waals surface area (Å²) in [5.41, 5.74) is 3.83. The first-order chi connectivity index (χ1) is 10.1. The number of phenols is 1. The highest BCUT2D eigenvalue weighted by molar-refractivity contribution is 5.48. The SMILES string of the molecule is CC(C)c1cc2c(cc1O)C1(C)CC(O)CC(C)(C)C1CC2. The Morgan fingerprint density at radius 1 is 1.14 bits per heavy atom. The third-order valence-corrected chi connectivity index (χ3v) is 6.33. The van der Waals surface area contributed by atoms with Crippen molar-refractivity contribution in [2.45, 2.75) is 77.7 Å². The van der Waals surface area contributed by atoms with Crippen LogP contribution in [0.1, 0.15) is 76.5 Å². The van der Waals surface area contributed by atoms with E-state index in [0.717, 1.165) is 24.8 Å². The van der Waals surface area contributed by atoms with E-state index < -0.39 is 0 Å². The lowest BCUT2D eigenvalue weighted by Gasteiger charge is -2.55. The Balaban J connectivity index is 2.13. The number of benzene rings is 1. The lowest BCUT2D eigenvalue weighted by atomic mass is 9.49. The standard InChI is InChI=1S/C20H30O2/c1-12(2)15-8-13-6-7-18-19(3,4)10-14(21)11-20(18,5)16(13)9-17(15)22/h8-9,12,14,18,21-22H,6-7,10-11H2,1-5H3. The number of rotatable bonds is 1. The summed E-state index contributed by atoms with van der Waals surface area (Å²) in [6.45, 7) is 11.1. The van der Waals surface area contributed by atoms with Gasteiger partial charge in [-0.15, -0.1) is 0 Å². The van der Waals surface area contributed by atoms with Gasteiger partial charge in [0, 0.05) is 0 Å². The Labute approximate surface area is 134 Å². The molecule has 22 heavy (non-hydrogen) atoms. The molecular weight excluding hydrogens is 272 g/mol. The first-order valence-electron chi connectivity index (χ1n) is 8.69. The predicted octanol–water partition coefficient (Wildman–Crippen LogP) is 4.52. The van der Waals surface area contributed by atoms with Gasteiger partial charge in [-0.25, -0.2) is 0 Å². The molecule has 3 rings (SSSR count). The van der Waals surface area contributed by atoms with Crippen molar-refractivity contribution in [2.24, 2.45) is 11.3 Å². The highest BCUT2D eigenvalue weighted by atomic mass is 16.3. The Bertz CT molecular complexity index is 588. The van der Waals surface area contributed by atoms with Crippen molar-refractivity contribution in [3.63, 3.8) is 0 Å². The van der Waals surface area contributed by atoms with Crippen LogP contribution in [-0.2, 0) is 11.8 Å². The Morgan fingerprint density at radius 3 is 2.45 bits per heavy atom. The van der Waals surface area contributed by atoms with Gasteiger partial charge in [-0.05, 0) is 71.1 Å². The van der Waals surface area contributed by atoms with Gasteiger partial charge in [0.15, 0.2) is 0 Å². The van der Waals surface area contributed by atoms with Gasteiger partial charge in [0.2, 0.25) is 0 Å². The highest BCUT2D eigenvalue weighted by Gasteiger charge is 2.52. The molecule has 1 fully saturated rings. The van der Waals surface area contributed by atoms with Crippen molar-refractivity contribution in [2.75, 3.05) is 0 Å². The van der Waals surface area contributed by atoms with Gasteiger partial charge < -0.3 is 10.2 Å². The van der Waals surface area contributed by atoms with Gasteiger partial charge in [0.05, 0.1) is 6.10 Å². The molecule has 3 atom stereocenters. The number of hydrogen-bond acceptors (Lipinski definition) is 2. The summed E-state index contributed by atoms with van der Waals surface area (Å²) in [4.78, 5) is 0. The van der Waals surface area contributed by atoms with E-state index in [4.69, 9.17) is 0 Å². The average molecular weight is 302 g/mol. The zero-order chi connectivity index (χ0) is 16.3. The van der Waals surface area contributed by atoms with Gasteiger partial charge in [-0.1, -0.05) is 40.7 Å². The molecule has 2 aliphatic carbocycles. The Hall–Kier alpha value is -1.02. The molecule has 122 valence electrons. The minimum Gasteiger partial charge on any atom is -0.508 e. The summed E-state index contributed by atoms with van der Waals surface area (Å²) in [5.74, 6) is 1.33. The van der Waals surface area contributed by atoms with Gasteiger partial charge in [-0.2, -0.15) is 0 Å². The van der Waals surface area contributed by atoms with Gasteiger partial charge >= 0.3 is 0 Å². The third-order valence-electron chi connectivity index (χ3n) is 6.33. The number of aryl methyl sites for hydroxylation is 1. The molecular formula is C20H30O2. The van der Waals surface area contributed by atoms with Crippen molar-refractivity contribution in [3.8, 4) is 5.75 Å². The van der Waals surface area contributed by atoms with Crippen LogP contribution in [0.2, 0.25) is 0 Å². The summed E-state index contributed by atoms with van der Waals surface area (Å²) in [6.07, 6.45) is 3.74. The van der Waals surface area contributed by atoms with E-state index in [2.05, 4.69) is 40.7 Å². The van der Waals surface area contributed by atoms with Gasteiger partial charge in [0.1, 0.15) is 5.75 Å². The predicted molar refractivity (Wildman–Crippen MR) is 90.4 cm³/mol. The maximum atomic E-state index is 10.5. The minimum atomic E-state index is -0.242. The van der Waals surface area contributed by atoms with E-state index in [1.54, 1.807) is 0 Å². The van der Waals surface area contributed by atoms with E-state index in [9.17, 15) is 10.2 Å². The monoisotopic (exact) mass is 302 g/mol. The lowest BCUT2D eigenvalue weighted by molar-refractivity contribution is -0.0384. The molecule has 2 aliphatic rings. The van der Waals surface area contributed by atoms with E-state index in [-0.39, 0.29) is 16.9 Å². The second-order valence-corrected chi connectivity index (χ2v) is 8.78. The molecule has 0 radical (unpaired) electrons. The molecule has 0 aliphatic heterocycles. The number of phenolic OH excluding ortho intramolecular Hbond substituents is 1. The molecule has 0 spiro atoms. The van der Waals surface area contributed by atoms with Crippen LogP contribution in [0.4, 0.5) is 0 Å². The molecule has 2 N–H and O–H groups in total. The lowest BCUT2D eigenvalue weighted by Crippen LogP contribution is -2.52. The third kappa shape index (κ3) is 2.27. The molecule has 3 unspecified atom stereocenters. The van der Waals surface area contributed by atoms with Crippen molar-refractivity contribution < 1.29 is 10.2 Å². The zero-order valence-corrected chi connectivity index (χ0v) is 14.6. The van der Waals surface area contributed by atoms with Crippen molar-refractivity contribution >= 4 is 0 Å². The van der Waals surface area contributed by atoms with Crippen molar-refractivity contribution in [1.82, 2.24) is 0 Å². The molecule has 2 nitrogen and oxygen atoms in total. The number of fused-ring (bicyclic) bond motifs is 3. The zero-order valence-electron chi connectivity index (χ0n) is 14.6. The summed E-state index contributed by atoms with van der Waals surface area (Å²) in [7, 11) is 0. The van der Waals surface area contributed by atoms with Crippen molar-refractivity contribution in [1.29, 1.82) is 0 Å². The number of aliphatic hydroxyl groups is 1. The molecule has 1 aromatic rings. The molecule has 1 saturated carbocycles. The molecule has 2 heteroatoms. The summed E-state index contributed by atoms with van der Waals surface area (Å²) in [6, 6.07) is 4.22. The highest BCUT2D eigenvalue weighted by Crippen LogP contribution is 2.57. The van der Waals surface area contributed by atoms with Crippen LogP contribution in [0, 0.1) is 11.3 Å². The van der Waals surface area contributed by atoms with Crippen LogP contribution >= 0.6 is 0 Å². The topological polar surface area (TPSA) is 40.5 Å². The quantitative estimate of drug-likeness (QED) is 0.801. The maximum absolute atomic E-state index is 10.5. The smallest absolute Gasteiger partial charge is 0.119 e. The van der Waals surface area contributed by atoms with Crippen LogP contribution in [0.15, 0.2) is 12.1 Å². The molecule has 0 saturated heterocycles. The second kappa shape index (κ2) is 4.99. The van der Waals surface area contributed by atoms with E-state index in [1.165, 1.54) is 17.5 Å². The summed E-state index contributed by atoms with van der Waals surface area (Å²) < 4.78 is 0. The van der Waals surface area contributed by atoms with Crippen LogP contribution in [-0.4, -0.2) is 16.3 Å². The Morgan fingerprint density at radius 2 is 1.82 bits per heavy atom. The molecule has 0 bridgehead atoms. The van der Waals surface area contributed by atoms with Gasteiger partial charge in [-0.3, -0.25) is 0 Å². The number of hydrogen-bond donors (Lipinski definition) is 2. The maximum Gasteiger partial charge on any atom is 0.119 e. The summed E-state index contributed by atoms with van der Waals surface area (Å²) >= 11 is 0. The van der Waals surface area contributed by atoms with Crippen molar-refractivity contribution in [3.05, 3.63) is 28.8 Å². The average Bonchev–Trinajstić information content (AvgIpc) is 2.36. The fourth-order valence-corrected chi connectivity index (χ4v) is 5.48.